The van der Waals surface area contributed by atoms with E-state index in [-0.39, 0.29) is 23.2 Å². The van der Waals surface area contributed by atoms with E-state index in [9.17, 15) is 19.2 Å². The van der Waals surface area contributed by atoms with Crippen molar-refractivity contribution in [2.45, 2.75) is 88.7 Å². The summed E-state index contributed by atoms with van der Waals surface area (Å²) in [5.74, 6) is 1.31. The number of methoxy groups -OCH3 is 2. The first-order chi connectivity index (χ1) is 19.5. The lowest BCUT2D eigenvalue weighted by molar-refractivity contribution is -0.155. The number of nitrogens with zero attached hydrogens (tertiary/aromatic N) is 1. The van der Waals surface area contributed by atoms with Crippen molar-refractivity contribution in [2.75, 3.05) is 26.5 Å². The van der Waals surface area contributed by atoms with E-state index >= 15 is 0 Å². The highest BCUT2D eigenvalue weighted by atomic mass is 32.2. The number of rotatable bonds is 11. The van der Waals surface area contributed by atoms with Crippen molar-refractivity contribution >= 4 is 16.7 Å². The van der Waals surface area contributed by atoms with Crippen molar-refractivity contribution in [1.29, 1.82) is 0 Å². The van der Waals surface area contributed by atoms with E-state index in [1.54, 1.807) is 19.1 Å². The summed E-state index contributed by atoms with van der Waals surface area (Å²) in [6.07, 6.45) is 9.85. The van der Waals surface area contributed by atoms with Crippen LogP contribution in [0.15, 0.2) is 30.4 Å². The number of hydrogen-bond donors (Lipinski definition) is 2. The van der Waals surface area contributed by atoms with E-state index in [2.05, 4.69) is 32.9 Å². The average molecular weight is 586 g/mol. The van der Waals surface area contributed by atoms with Gasteiger partial charge in [0, 0.05) is 40.3 Å². The molecular formula is C33H47NO6S. The van der Waals surface area contributed by atoms with E-state index in [0.29, 0.717) is 42.6 Å². The van der Waals surface area contributed by atoms with Gasteiger partial charge in [0.1, 0.15) is 10.5 Å². The molecule has 2 N–H and O–H groups in total. The second kappa shape index (κ2) is 10.1. The van der Waals surface area contributed by atoms with Crippen LogP contribution in [0.5, 0.6) is 11.5 Å². The third-order valence-electron chi connectivity index (χ3n) is 12.2. The molecule has 1 unspecified atom stereocenters. The molecule has 0 aromatic heterocycles. The molecule has 1 amide bonds. The lowest BCUT2D eigenvalue weighted by Crippen LogP contribution is -2.55. The van der Waals surface area contributed by atoms with Crippen LogP contribution in [0.4, 0.5) is 0 Å². The van der Waals surface area contributed by atoms with Crippen LogP contribution in [0.1, 0.15) is 71.3 Å². The molecule has 7 nitrogen and oxygen atoms in total. The summed E-state index contributed by atoms with van der Waals surface area (Å²) >= 11 is 0. The van der Waals surface area contributed by atoms with Gasteiger partial charge >= 0.3 is 0 Å². The van der Waals surface area contributed by atoms with Crippen LogP contribution in [0, 0.1) is 34.5 Å². The van der Waals surface area contributed by atoms with Crippen molar-refractivity contribution in [3.8, 4) is 11.5 Å². The number of unbranched alkanes of at least 4 members (excludes halogenated alkanes) is 1. The molecule has 1 aromatic rings. The van der Waals surface area contributed by atoms with Crippen molar-refractivity contribution in [3.05, 3.63) is 35.9 Å². The molecule has 0 radical (unpaired) electrons. The number of carbonyl (C=O) groups excluding carboxylic acids is 1. The Bertz CT molecular complexity index is 1260. The standard InChI is InChI=1S/C33H47NO6S/c1-6-7-14-32(37)28-22-9-10-24(18-22)33(28,41(38)20-31-15-12-23(19-27(31)35)30(31,2)3)29(36)34(32)16-13-21-8-11-25(39-4)26(17-21)40-5/h8-11,17,22-24,27-28,35,37H,6-7,12-16,18-20H2,1-5H3/t22-,23-,24+,27-,28+,31-,32?,33-,41-/m1/s1. The van der Waals surface area contributed by atoms with Crippen molar-refractivity contribution in [2.24, 2.45) is 34.5 Å². The van der Waals surface area contributed by atoms with Crippen molar-refractivity contribution in [3.63, 3.8) is 0 Å². The topological polar surface area (TPSA) is 96.3 Å². The third-order valence-corrected chi connectivity index (χ3v) is 14.5. The number of hydrogen-bond acceptors (Lipinski definition) is 6. The normalized spacial score (nSPS) is 40.4. The highest BCUT2D eigenvalue weighted by Crippen LogP contribution is 2.69. The average Bonchev–Trinajstić information content (AvgIpc) is 3.70. The van der Waals surface area contributed by atoms with Crippen molar-refractivity contribution < 1.29 is 28.7 Å². The quantitative estimate of drug-likeness (QED) is 0.372. The van der Waals surface area contributed by atoms with E-state index in [1.807, 2.05) is 18.2 Å². The molecule has 1 aromatic carbocycles. The molecular weight excluding hydrogens is 538 g/mol. The minimum Gasteiger partial charge on any atom is -0.493 e. The molecule has 5 aliphatic rings. The number of amides is 1. The first kappa shape index (κ1) is 29.2. The summed E-state index contributed by atoms with van der Waals surface area (Å²) in [6, 6.07) is 5.75. The summed E-state index contributed by atoms with van der Waals surface area (Å²) in [5, 5.41) is 23.9. The van der Waals surface area contributed by atoms with Gasteiger partial charge in [0.05, 0.1) is 20.3 Å². The Morgan fingerprint density at radius 3 is 2.51 bits per heavy atom. The molecule has 226 valence electrons. The van der Waals surface area contributed by atoms with E-state index in [0.717, 1.165) is 44.1 Å². The van der Waals surface area contributed by atoms with Gasteiger partial charge < -0.3 is 24.6 Å². The Kier molecular flexibility index (Phi) is 7.18. The van der Waals surface area contributed by atoms with Gasteiger partial charge in [-0.25, -0.2) is 0 Å². The fourth-order valence-electron chi connectivity index (χ4n) is 9.81. The highest BCUT2D eigenvalue weighted by molar-refractivity contribution is 7.87. The van der Waals surface area contributed by atoms with Gasteiger partial charge in [-0.1, -0.05) is 45.4 Å². The van der Waals surface area contributed by atoms with Gasteiger partial charge in [-0.3, -0.25) is 9.00 Å². The predicted octanol–water partition coefficient (Wildman–Crippen LogP) is 4.46. The lowest BCUT2D eigenvalue weighted by atomic mass is 9.70. The maximum absolute atomic E-state index is 14.9. The number of aliphatic hydroxyl groups is 2. The summed E-state index contributed by atoms with van der Waals surface area (Å²) in [7, 11) is 1.66. The molecule has 1 aliphatic heterocycles. The molecule has 1 saturated heterocycles. The molecule has 4 aliphatic carbocycles. The molecule has 1 heterocycles. The van der Waals surface area contributed by atoms with E-state index in [1.165, 1.54) is 0 Å². The van der Waals surface area contributed by atoms with E-state index in [4.69, 9.17) is 9.47 Å². The summed E-state index contributed by atoms with van der Waals surface area (Å²) in [6.45, 7) is 6.87. The van der Waals surface area contributed by atoms with Crippen LogP contribution >= 0.6 is 0 Å². The SMILES string of the molecule is CCCCC1(O)[C@@H]2[C@@H]3C=C[C@@H](C3)[C@]2([S@](=O)C[C@]23CC[C@H](C[C@H]2O)C3(C)C)C(=O)N1CCc1ccc(OC)c(OC)c1. The molecule has 8 heteroatoms. The van der Waals surface area contributed by atoms with Crippen LogP contribution in [-0.2, 0) is 22.0 Å². The molecule has 41 heavy (non-hydrogen) atoms. The Morgan fingerprint density at radius 1 is 1.12 bits per heavy atom. The van der Waals surface area contributed by atoms with Gasteiger partial charge in [0.25, 0.3) is 0 Å². The van der Waals surface area contributed by atoms with E-state index < -0.39 is 38.7 Å². The zero-order chi connectivity index (χ0) is 29.4. The number of benzene rings is 1. The number of fused-ring (bicyclic) bond motifs is 7. The summed E-state index contributed by atoms with van der Waals surface area (Å²) < 4.78 is 24.7. The molecule has 6 rings (SSSR count). The van der Waals surface area contributed by atoms with Crippen LogP contribution in [-0.4, -0.2) is 68.3 Å². The monoisotopic (exact) mass is 585 g/mol. The number of ether oxygens (including phenoxy) is 2. The molecule has 3 saturated carbocycles. The molecule has 0 spiro atoms. The number of likely N-dealkylation sites (tertiary alicyclic amines) is 1. The minimum atomic E-state index is -1.55. The maximum Gasteiger partial charge on any atom is 0.244 e. The Balaban J connectivity index is 1.36. The zero-order valence-corrected chi connectivity index (χ0v) is 26.0. The predicted molar refractivity (Wildman–Crippen MR) is 159 cm³/mol. The highest BCUT2D eigenvalue weighted by Gasteiger charge is 2.77. The van der Waals surface area contributed by atoms with Crippen LogP contribution in [0.25, 0.3) is 0 Å². The fraction of sp³-hybridized carbons (Fsp3) is 0.727. The Hall–Kier alpha value is -1.90. The second-order valence-electron chi connectivity index (χ2n) is 13.9. The van der Waals surface area contributed by atoms with Crippen LogP contribution in [0.2, 0.25) is 0 Å². The molecule has 4 fully saturated rings. The fourth-order valence-corrected chi connectivity index (χ4v) is 12.7. The van der Waals surface area contributed by atoms with Gasteiger partial charge in [-0.15, -0.1) is 0 Å². The minimum absolute atomic E-state index is 0.0242. The first-order valence-electron chi connectivity index (χ1n) is 15.5. The van der Waals surface area contributed by atoms with Crippen molar-refractivity contribution in [1.82, 2.24) is 4.90 Å². The van der Waals surface area contributed by atoms with Crippen LogP contribution in [0.3, 0.4) is 0 Å². The lowest BCUT2D eigenvalue weighted by Gasteiger charge is -2.44. The van der Waals surface area contributed by atoms with Gasteiger partial charge in [-0.05, 0) is 79.9 Å². The largest absolute Gasteiger partial charge is 0.493 e. The summed E-state index contributed by atoms with van der Waals surface area (Å²) in [4.78, 5) is 16.5. The zero-order valence-electron chi connectivity index (χ0n) is 25.2. The summed E-state index contributed by atoms with van der Waals surface area (Å²) in [5.41, 5.74) is -0.964. The molecule has 9 atom stereocenters. The number of carbonyl (C=O) groups is 1. The Labute approximate surface area is 247 Å². The third kappa shape index (κ3) is 3.81. The Morgan fingerprint density at radius 2 is 1.88 bits per heavy atom. The first-order valence-corrected chi connectivity index (χ1v) is 16.8. The van der Waals surface area contributed by atoms with Gasteiger partial charge in [0.15, 0.2) is 11.5 Å². The number of allylic oxidation sites excluding steroid dienone is 2. The van der Waals surface area contributed by atoms with Crippen LogP contribution < -0.4 is 9.47 Å². The van der Waals surface area contributed by atoms with Gasteiger partial charge in [-0.2, -0.15) is 0 Å². The molecule has 4 bridgehead atoms. The second-order valence-corrected chi connectivity index (χ2v) is 15.5. The van der Waals surface area contributed by atoms with Gasteiger partial charge in [0.2, 0.25) is 5.91 Å². The number of aliphatic hydroxyl groups excluding tert-OH is 1. The maximum atomic E-state index is 14.9. The smallest absolute Gasteiger partial charge is 0.244 e.